The molecule has 0 amide bonds. The van der Waals surface area contributed by atoms with E-state index in [1.165, 1.54) is 19.3 Å². The normalized spacial score (nSPS) is 23.2. The number of rotatable bonds is 5. The molecule has 2 aromatic rings. The molecular weight excluding hydrogens is 348 g/mol. The highest BCUT2D eigenvalue weighted by atomic mass is 16.5. The van der Waals surface area contributed by atoms with Crippen molar-refractivity contribution in [3.05, 3.63) is 41.5 Å². The monoisotopic (exact) mass is 376 g/mol. The van der Waals surface area contributed by atoms with Crippen molar-refractivity contribution in [2.45, 2.75) is 45.1 Å². The Morgan fingerprint density at radius 1 is 1.25 bits per heavy atom. The Hall–Kier alpha value is -2.38. The molecule has 0 aromatic heterocycles. The summed E-state index contributed by atoms with van der Waals surface area (Å²) in [5.41, 5.74) is 1.68. The number of nitrogens with zero attached hydrogens (tertiary/aromatic N) is 2. The molecule has 0 bridgehead atoms. The highest BCUT2D eigenvalue weighted by Gasteiger charge is 2.36. The van der Waals surface area contributed by atoms with Crippen molar-refractivity contribution in [3.63, 3.8) is 0 Å². The van der Waals surface area contributed by atoms with Gasteiger partial charge in [0, 0.05) is 29.6 Å². The Balaban J connectivity index is 1.62. The fraction of sp³-hybridized carbons (Fsp3) is 0.500. The molecule has 1 heterocycles. The van der Waals surface area contributed by atoms with E-state index in [9.17, 15) is 10.1 Å². The van der Waals surface area contributed by atoms with Crippen LogP contribution in [0.4, 0.5) is 0 Å². The average molecular weight is 377 g/mol. The van der Waals surface area contributed by atoms with Crippen molar-refractivity contribution >= 4 is 16.6 Å². The number of piperidine rings is 1. The van der Waals surface area contributed by atoms with Crippen LogP contribution < -0.4 is 4.74 Å². The molecule has 4 rings (SSSR count). The number of benzene rings is 2. The number of Topliss-reactive ketones (excluding diaryl/α,β-unsaturated/α-hetero) is 1. The molecule has 0 spiro atoms. The molecule has 0 N–H and O–H groups in total. The largest absolute Gasteiger partial charge is 0.496 e. The molecule has 28 heavy (non-hydrogen) atoms. The summed E-state index contributed by atoms with van der Waals surface area (Å²) >= 11 is 0. The van der Waals surface area contributed by atoms with Crippen LogP contribution in [0, 0.1) is 23.2 Å². The zero-order valence-corrected chi connectivity index (χ0v) is 16.8. The summed E-state index contributed by atoms with van der Waals surface area (Å²) in [6.45, 7) is 4.24. The van der Waals surface area contributed by atoms with E-state index in [1.807, 2.05) is 30.3 Å². The fourth-order valence-electron chi connectivity index (χ4n) is 4.71. The number of ketones is 1. The lowest BCUT2D eigenvalue weighted by Crippen LogP contribution is -2.49. The Kier molecular flexibility index (Phi) is 5.37. The highest BCUT2D eigenvalue weighted by molar-refractivity contribution is 6.02. The van der Waals surface area contributed by atoms with E-state index in [-0.39, 0.29) is 11.7 Å². The predicted octanol–water partition coefficient (Wildman–Crippen LogP) is 4.61. The van der Waals surface area contributed by atoms with Crippen LogP contribution in [0.3, 0.4) is 0 Å². The maximum Gasteiger partial charge on any atom is 0.167 e. The second-order valence-corrected chi connectivity index (χ2v) is 8.33. The zero-order valence-electron chi connectivity index (χ0n) is 16.8. The number of hydrogen-bond donors (Lipinski definition) is 0. The van der Waals surface area contributed by atoms with Gasteiger partial charge in [-0.3, -0.25) is 9.69 Å². The molecule has 4 nitrogen and oxygen atoms in total. The molecule has 2 unspecified atom stereocenters. The number of ether oxygens (including phenoxy) is 1. The summed E-state index contributed by atoms with van der Waals surface area (Å²) in [5, 5.41) is 11.2. The lowest BCUT2D eigenvalue weighted by Gasteiger charge is -2.44. The molecule has 2 aromatic carbocycles. The second-order valence-electron chi connectivity index (χ2n) is 8.33. The van der Waals surface area contributed by atoms with Gasteiger partial charge in [0.25, 0.3) is 0 Å². The van der Waals surface area contributed by atoms with E-state index in [1.54, 1.807) is 7.11 Å². The summed E-state index contributed by atoms with van der Waals surface area (Å²) in [6, 6.07) is 12.7. The molecule has 2 atom stereocenters. The van der Waals surface area contributed by atoms with Crippen LogP contribution in [-0.4, -0.2) is 36.9 Å². The van der Waals surface area contributed by atoms with Crippen LogP contribution in [0.2, 0.25) is 0 Å². The van der Waals surface area contributed by atoms with Gasteiger partial charge in [0.15, 0.2) is 5.78 Å². The smallest absolute Gasteiger partial charge is 0.167 e. The van der Waals surface area contributed by atoms with Gasteiger partial charge in [0.2, 0.25) is 0 Å². The standard InChI is InChI=1S/C24H28N2O2/c1-16-11-13-26(19-4-3-5-19)15-22(16)24(27)18-6-8-20-17(14-18)7-9-23(28-2)21(20)10-12-25/h6-9,14,16,19,22H,3-5,10-11,13,15H2,1-2H3. The summed E-state index contributed by atoms with van der Waals surface area (Å²) in [5.74, 6) is 1.48. The van der Waals surface area contributed by atoms with E-state index in [0.717, 1.165) is 47.2 Å². The number of fused-ring (bicyclic) bond motifs is 1. The number of methoxy groups -OCH3 is 1. The van der Waals surface area contributed by atoms with E-state index in [2.05, 4.69) is 17.9 Å². The maximum absolute atomic E-state index is 13.4. The van der Waals surface area contributed by atoms with Crippen molar-refractivity contribution < 1.29 is 9.53 Å². The lowest BCUT2D eigenvalue weighted by atomic mass is 9.79. The molecule has 4 heteroatoms. The van der Waals surface area contributed by atoms with Gasteiger partial charge in [-0.25, -0.2) is 0 Å². The van der Waals surface area contributed by atoms with Crippen molar-refractivity contribution in [1.29, 1.82) is 5.26 Å². The number of nitriles is 1. The lowest BCUT2D eigenvalue weighted by molar-refractivity contribution is 0.0445. The summed E-state index contributed by atoms with van der Waals surface area (Å²) < 4.78 is 5.42. The molecular formula is C24H28N2O2. The zero-order chi connectivity index (χ0) is 19.7. The summed E-state index contributed by atoms with van der Waals surface area (Å²) in [6.07, 6.45) is 5.30. The second kappa shape index (κ2) is 7.93. The van der Waals surface area contributed by atoms with Gasteiger partial charge in [0.1, 0.15) is 5.75 Å². The minimum absolute atomic E-state index is 0.0728. The number of likely N-dealkylation sites (tertiary alicyclic amines) is 1. The predicted molar refractivity (Wildman–Crippen MR) is 111 cm³/mol. The molecule has 0 radical (unpaired) electrons. The molecule has 2 fully saturated rings. The number of carbonyl (C=O) groups is 1. The van der Waals surface area contributed by atoms with E-state index < -0.39 is 0 Å². The topological polar surface area (TPSA) is 53.3 Å². The minimum Gasteiger partial charge on any atom is -0.496 e. The Morgan fingerprint density at radius 2 is 2.07 bits per heavy atom. The average Bonchev–Trinajstić information content (AvgIpc) is 2.67. The van der Waals surface area contributed by atoms with Gasteiger partial charge in [-0.2, -0.15) is 5.26 Å². The van der Waals surface area contributed by atoms with Gasteiger partial charge in [0.05, 0.1) is 19.6 Å². The first-order valence-electron chi connectivity index (χ1n) is 10.4. The fourth-order valence-corrected chi connectivity index (χ4v) is 4.71. The summed E-state index contributed by atoms with van der Waals surface area (Å²) in [7, 11) is 1.62. The van der Waals surface area contributed by atoms with Gasteiger partial charge in [-0.05, 0) is 54.6 Å². The van der Waals surface area contributed by atoms with Gasteiger partial charge in [-0.1, -0.05) is 31.5 Å². The van der Waals surface area contributed by atoms with Crippen molar-refractivity contribution in [2.75, 3.05) is 20.2 Å². The van der Waals surface area contributed by atoms with Crippen molar-refractivity contribution in [2.24, 2.45) is 11.8 Å². The van der Waals surface area contributed by atoms with E-state index in [4.69, 9.17) is 4.74 Å². The Morgan fingerprint density at radius 3 is 2.75 bits per heavy atom. The van der Waals surface area contributed by atoms with E-state index >= 15 is 0 Å². The van der Waals surface area contributed by atoms with E-state index in [0.29, 0.717) is 18.4 Å². The third kappa shape index (κ3) is 3.40. The van der Waals surface area contributed by atoms with Gasteiger partial charge in [-0.15, -0.1) is 0 Å². The third-order valence-electron chi connectivity index (χ3n) is 6.77. The van der Waals surface area contributed by atoms with Crippen molar-refractivity contribution in [3.8, 4) is 11.8 Å². The quantitative estimate of drug-likeness (QED) is 0.715. The van der Waals surface area contributed by atoms with Crippen LogP contribution in [0.5, 0.6) is 5.75 Å². The number of carbonyl (C=O) groups excluding carboxylic acids is 1. The first-order chi connectivity index (χ1) is 13.6. The van der Waals surface area contributed by atoms with Gasteiger partial charge < -0.3 is 4.74 Å². The minimum atomic E-state index is 0.0728. The SMILES string of the molecule is COc1ccc2cc(C(=O)C3CN(C4CCC4)CCC3C)ccc2c1CC#N. The van der Waals surface area contributed by atoms with Crippen LogP contribution >= 0.6 is 0 Å². The molecule has 1 saturated heterocycles. The maximum atomic E-state index is 13.4. The molecule has 1 aliphatic heterocycles. The molecule has 2 aliphatic rings. The third-order valence-corrected chi connectivity index (χ3v) is 6.77. The molecule has 1 saturated carbocycles. The van der Waals surface area contributed by atoms with Crippen LogP contribution in [0.25, 0.3) is 10.8 Å². The summed E-state index contributed by atoms with van der Waals surface area (Å²) in [4.78, 5) is 15.9. The molecule has 146 valence electrons. The first-order valence-corrected chi connectivity index (χ1v) is 10.4. The number of hydrogen-bond acceptors (Lipinski definition) is 4. The Bertz CT molecular complexity index is 926. The highest BCUT2D eigenvalue weighted by Crippen LogP contribution is 2.34. The Labute approximate surface area is 167 Å². The van der Waals surface area contributed by atoms with Gasteiger partial charge >= 0.3 is 0 Å². The van der Waals surface area contributed by atoms with Crippen LogP contribution in [-0.2, 0) is 6.42 Å². The van der Waals surface area contributed by atoms with Crippen molar-refractivity contribution in [1.82, 2.24) is 4.90 Å². The van der Waals surface area contributed by atoms with Crippen LogP contribution in [0.1, 0.15) is 48.5 Å². The molecule has 1 aliphatic carbocycles. The van der Waals surface area contributed by atoms with Crippen LogP contribution in [0.15, 0.2) is 30.3 Å². The first kappa shape index (κ1) is 19.0.